The molecule has 3 rings (SSSR count). The minimum absolute atomic E-state index is 0.0663. The number of fused-ring (bicyclic) bond motifs is 2. The van der Waals surface area contributed by atoms with E-state index in [9.17, 15) is 0 Å². The van der Waals surface area contributed by atoms with Crippen molar-refractivity contribution in [2.24, 2.45) is 0 Å². The molecule has 2 aliphatic rings. The summed E-state index contributed by atoms with van der Waals surface area (Å²) in [6.07, 6.45) is 7.03. The third kappa shape index (κ3) is 1.84. The molecule has 0 radical (unpaired) electrons. The largest absolute Gasteiger partial charge is 0.398 e. The molecule has 1 spiro atoms. The quantitative estimate of drug-likeness (QED) is 0.715. The molecule has 3 heteroatoms. The van der Waals surface area contributed by atoms with Crippen LogP contribution in [-0.2, 0) is 16.8 Å². The lowest BCUT2D eigenvalue weighted by Crippen LogP contribution is -2.37. The second-order valence-electron chi connectivity index (χ2n) is 5.18. The third-order valence-corrected chi connectivity index (χ3v) is 4.45. The number of hydrogen-bond donors (Lipinski definition) is 1. The van der Waals surface area contributed by atoms with Crippen molar-refractivity contribution < 1.29 is 4.74 Å². The molecule has 1 heterocycles. The smallest absolute Gasteiger partial charge is 0.0934 e. The molecule has 92 valence electrons. The van der Waals surface area contributed by atoms with Crippen molar-refractivity contribution in [2.45, 2.75) is 44.1 Å². The summed E-state index contributed by atoms with van der Waals surface area (Å²) >= 11 is 6.17. The highest BCUT2D eigenvalue weighted by Gasteiger charge is 2.39. The van der Waals surface area contributed by atoms with Gasteiger partial charge in [0.1, 0.15) is 0 Å². The van der Waals surface area contributed by atoms with Gasteiger partial charge in [-0.15, -0.1) is 0 Å². The van der Waals surface area contributed by atoms with Crippen molar-refractivity contribution in [1.82, 2.24) is 0 Å². The second kappa shape index (κ2) is 4.18. The summed E-state index contributed by atoms with van der Waals surface area (Å²) in [5, 5.41) is 0.666. The minimum Gasteiger partial charge on any atom is -0.398 e. The second-order valence-corrected chi connectivity index (χ2v) is 5.59. The molecule has 1 aromatic carbocycles. The highest BCUT2D eigenvalue weighted by atomic mass is 35.5. The summed E-state index contributed by atoms with van der Waals surface area (Å²) in [7, 11) is 0. The van der Waals surface area contributed by atoms with Gasteiger partial charge >= 0.3 is 0 Å². The molecular formula is C14H18ClNO. The van der Waals surface area contributed by atoms with E-state index in [1.54, 1.807) is 0 Å². The van der Waals surface area contributed by atoms with E-state index in [1.807, 2.05) is 12.1 Å². The van der Waals surface area contributed by atoms with Crippen molar-refractivity contribution in [3.8, 4) is 0 Å². The molecule has 0 unspecified atom stereocenters. The first kappa shape index (κ1) is 11.4. The van der Waals surface area contributed by atoms with E-state index in [4.69, 9.17) is 22.1 Å². The van der Waals surface area contributed by atoms with Gasteiger partial charge in [-0.25, -0.2) is 0 Å². The fourth-order valence-electron chi connectivity index (χ4n) is 3.24. The zero-order chi connectivity index (χ0) is 11.9. The minimum atomic E-state index is -0.0663. The van der Waals surface area contributed by atoms with Crippen molar-refractivity contribution in [2.75, 3.05) is 12.3 Å². The van der Waals surface area contributed by atoms with Crippen molar-refractivity contribution in [3.05, 3.63) is 28.3 Å². The van der Waals surface area contributed by atoms with E-state index in [2.05, 4.69) is 0 Å². The zero-order valence-corrected chi connectivity index (χ0v) is 10.7. The van der Waals surface area contributed by atoms with Crippen LogP contribution in [0, 0.1) is 0 Å². The van der Waals surface area contributed by atoms with E-state index in [1.165, 1.54) is 30.4 Å². The summed E-state index contributed by atoms with van der Waals surface area (Å²) in [4.78, 5) is 0. The Morgan fingerprint density at radius 3 is 2.71 bits per heavy atom. The van der Waals surface area contributed by atoms with Gasteiger partial charge in [0.25, 0.3) is 0 Å². The van der Waals surface area contributed by atoms with Gasteiger partial charge < -0.3 is 10.5 Å². The van der Waals surface area contributed by atoms with Crippen molar-refractivity contribution in [3.63, 3.8) is 0 Å². The molecule has 2 nitrogen and oxygen atoms in total. The van der Waals surface area contributed by atoms with Gasteiger partial charge in [0, 0.05) is 0 Å². The molecule has 0 bridgehead atoms. The van der Waals surface area contributed by atoms with E-state index in [-0.39, 0.29) is 5.60 Å². The Kier molecular flexibility index (Phi) is 2.80. The average Bonchev–Trinajstić information content (AvgIpc) is 2.33. The van der Waals surface area contributed by atoms with Crippen molar-refractivity contribution >= 4 is 17.3 Å². The Balaban J connectivity index is 2.09. The van der Waals surface area contributed by atoms with E-state index >= 15 is 0 Å². The first-order valence-electron chi connectivity index (χ1n) is 6.44. The number of anilines is 1. The lowest BCUT2D eigenvalue weighted by atomic mass is 9.76. The standard InChI is InChI=1S/C14H18ClNO/c15-12-9-11-10(8-13(12)16)4-7-17-14(11)5-2-1-3-6-14/h8-9H,1-7,16H2. The van der Waals surface area contributed by atoms with Gasteiger partial charge in [-0.1, -0.05) is 30.9 Å². The van der Waals surface area contributed by atoms with Crippen LogP contribution < -0.4 is 5.73 Å². The molecule has 17 heavy (non-hydrogen) atoms. The van der Waals surface area contributed by atoms with Crippen LogP contribution in [0.5, 0.6) is 0 Å². The molecule has 1 fully saturated rings. The normalized spacial score (nSPS) is 22.4. The molecule has 0 aromatic heterocycles. The molecule has 1 aliphatic carbocycles. The summed E-state index contributed by atoms with van der Waals surface area (Å²) in [6, 6.07) is 4.08. The van der Waals surface area contributed by atoms with Crippen LogP contribution in [-0.4, -0.2) is 6.61 Å². The number of benzene rings is 1. The van der Waals surface area contributed by atoms with Gasteiger partial charge in [0.05, 0.1) is 22.9 Å². The van der Waals surface area contributed by atoms with Crippen LogP contribution in [0.15, 0.2) is 12.1 Å². The molecule has 0 atom stereocenters. The maximum atomic E-state index is 6.17. The maximum absolute atomic E-state index is 6.17. The van der Waals surface area contributed by atoms with Crippen LogP contribution >= 0.6 is 11.6 Å². The fraction of sp³-hybridized carbons (Fsp3) is 0.571. The predicted molar refractivity (Wildman–Crippen MR) is 70.3 cm³/mol. The average molecular weight is 252 g/mol. The van der Waals surface area contributed by atoms with E-state index in [0.717, 1.165) is 25.9 Å². The first-order chi connectivity index (χ1) is 8.21. The van der Waals surface area contributed by atoms with Gasteiger partial charge in [-0.05, 0) is 42.5 Å². The Morgan fingerprint density at radius 2 is 1.94 bits per heavy atom. The van der Waals surface area contributed by atoms with Crippen LogP contribution in [0.4, 0.5) is 5.69 Å². The van der Waals surface area contributed by atoms with Gasteiger partial charge in [-0.2, -0.15) is 0 Å². The van der Waals surface area contributed by atoms with Gasteiger partial charge in [-0.3, -0.25) is 0 Å². The highest BCUT2D eigenvalue weighted by Crippen LogP contribution is 2.45. The van der Waals surface area contributed by atoms with Crippen LogP contribution in [0.1, 0.15) is 43.2 Å². The number of hydrogen-bond acceptors (Lipinski definition) is 2. The summed E-state index contributed by atoms with van der Waals surface area (Å²) in [5.74, 6) is 0. The van der Waals surface area contributed by atoms with Crippen LogP contribution in [0.2, 0.25) is 5.02 Å². The Hall–Kier alpha value is -0.730. The topological polar surface area (TPSA) is 35.2 Å². The van der Waals surface area contributed by atoms with Gasteiger partial charge in [0.2, 0.25) is 0 Å². The predicted octanol–water partition coefficient (Wildman–Crippen LogP) is 3.65. The Labute approximate surface area is 107 Å². The summed E-state index contributed by atoms with van der Waals surface area (Å²) in [5.41, 5.74) is 9.14. The van der Waals surface area contributed by atoms with Gasteiger partial charge in [0.15, 0.2) is 0 Å². The molecule has 1 saturated carbocycles. The molecular weight excluding hydrogens is 234 g/mol. The number of nitrogens with two attached hydrogens (primary N) is 1. The lowest BCUT2D eigenvalue weighted by molar-refractivity contribution is -0.0847. The Morgan fingerprint density at radius 1 is 1.18 bits per heavy atom. The number of ether oxygens (including phenoxy) is 1. The maximum Gasteiger partial charge on any atom is 0.0934 e. The number of halogens is 1. The molecule has 1 aliphatic heterocycles. The van der Waals surface area contributed by atoms with Crippen molar-refractivity contribution in [1.29, 1.82) is 0 Å². The molecule has 2 N–H and O–H groups in total. The van der Waals surface area contributed by atoms with E-state index in [0.29, 0.717) is 10.7 Å². The SMILES string of the molecule is Nc1cc2c(cc1Cl)C1(CCCCC1)OCC2. The van der Waals surface area contributed by atoms with E-state index < -0.39 is 0 Å². The molecule has 0 amide bonds. The number of nitrogen functional groups attached to an aromatic ring is 1. The highest BCUT2D eigenvalue weighted by molar-refractivity contribution is 6.33. The number of rotatable bonds is 0. The van der Waals surface area contributed by atoms with Crippen LogP contribution in [0.25, 0.3) is 0 Å². The molecule has 0 saturated heterocycles. The van der Waals surface area contributed by atoms with Crippen LogP contribution in [0.3, 0.4) is 0 Å². The first-order valence-corrected chi connectivity index (χ1v) is 6.81. The zero-order valence-electron chi connectivity index (χ0n) is 9.97. The molecule has 1 aromatic rings. The summed E-state index contributed by atoms with van der Waals surface area (Å²) in [6.45, 7) is 0.814. The lowest BCUT2D eigenvalue weighted by Gasteiger charge is -2.42. The third-order valence-electron chi connectivity index (χ3n) is 4.12. The fourth-order valence-corrected chi connectivity index (χ4v) is 3.40. The monoisotopic (exact) mass is 251 g/mol. The summed E-state index contributed by atoms with van der Waals surface area (Å²) < 4.78 is 6.13. The Bertz CT molecular complexity index is 438.